The second kappa shape index (κ2) is 9.65. The van der Waals surface area contributed by atoms with Gasteiger partial charge in [0.05, 0.1) is 19.3 Å². The number of halogens is 1. The smallest absolute Gasteiger partial charge is 0.270 e. The summed E-state index contributed by atoms with van der Waals surface area (Å²) in [6.07, 6.45) is 0.924. The molecule has 0 aliphatic heterocycles. The number of hydrogen-bond acceptors (Lipinski definition) is 6. The van der Waals surface area contributed by atoms with Crippen molar-refractivity contribution in [3.63, 3.8) is 0 Å². The van der Waals surface area contributed by atoms with Crippen molar-refractivity contribution in [2.24, 2.45) is 5.16 Å². The molecule has 9 heteroatoms. The number of thiophene rings is 1. The fraction of sp³-hybridized carbons (Fsp3) is 0.188. The molecule has 1 aromatic carbocycles. The first-order chi connectivity index (χ1) is 12.1. The normalized spacial score (nSPS) is 10.5. The number of anilines is 1. The molecular weight excluding hydrogens is 366 g/mol. The van der Waals surface area contributed by atoms with E-state index in [4.69, 9.17) is 21.2 Å². The van der Waals surface area contributed by atoms with Gasteiger partial charge in [-0.05, 0) is 29.6 Å². The highest BCUT2D eigenvalue weighted by Gasteiger charge is 2.07. The van der Waals surface area contributed by atoms with E-state index in [9.17, 15) is 9.59 Å². The monoisotopic (exact) mass is 381 g/mol. The van der Waals surface area contributed by atoms with E-state index in [1.807, 2.05) is 17.5 Å². The average Bonchev–Trinajstić information content (AvgIpc) is 3.11. The highest BCUT2D eigenvalue weighted by atomic mass is 35.5. The van der Waals surface area contributed by atoms with Crippen molar-refractivity contribution < 1.29 is 19.2 Å². The third-order valence-electron chi connectivity index (χ3n) is 2.90. The van der Waals surface area contributed by atoms with Gasteiger partial charge in [0.25, 0.3) is 11.8 Å². The summed E-state index contributed by atoms with van der Waals surface area (Å²) in [4.78, 5) is 29.2. The molecule has 2 N–H and O–H groups in total. The first kappa shape index (κ1) is 18.8. The fourth-order valence-corrected chi connectivity index (χ4v) is 2.59. The third-order valence-corrected chi connectivity index (χ3v) is 4.01. The maximum atomic E-state index is 11.8. The van der Waals surface area contributed by atoms with Gasteiger partial charge in [-0.2, -0.15) is 0 Å². The number of carbonyl (C=O) groups is 2. The molecule has 0 saturated carbocycles. The molecule has 2 rings (SSSR count). The van der Waals surface area contributed by atoms with Gasteiger partial charge in [0.2, 0.25) is 0 Å². The van der Waals surface area contributed by atoms with Crippen LogP contribution in [-0.4, -0.2) is 31.7 Å². The van der Waals surface area contributed by atoms with Crippen molar-refractivity contribution in [3.8, 4) is 5.75 Å². The summed E-state index contributed by atoms with van der Waals surface area (Å²) in [5, 5.41) is 11.1. The SMILES string of the molecule is COc1ccc(Cl)cc1NC(=O)/C=N\OCC(=O)NCc1cccs1. The number of oxime groups is 1. The van der Waals surface area contributed by atoms with Crippen molar-refractivity contribution in [2.75, 3.05) is 19.0 Å². The Kier molecular flexibility index (Phi) is 7.24. The average molecular weight is 382 g/mol. The van der Waals surface area contributed by atoms with Crippen molar-refractivity contribution in [2.45, 2.75) is 6.54 Å². The van der Waals surface area contributed by atoms with E-state index in [1.165, 1.54) is 7.11 Å². The minimum Gasteiger partial charge on any atom is -0.495 e. The lowest BCUT2D eigenvalue weighted by Gasteiger charge is -2.08. The number of carbonyl (C=O) groups excluding carboxylic acids is 2. The molecule has 2 amide bonds. The Hall–Kier alpha value is -2.58. The zero-order chi connectivity index (χ0) is 18.1. The first-order valence-electron chi connectivity index (χ1n) is 7.17. The molecule has 1 aromatic heterocycles. The lowest BCUT2D eigenvalue weighted by atomic mass is 10.3. The van der Waals surface area contributed by atoms with Gasteiger partial charge in [-0.1, -0.05) is 22.8 Å². The van der Waals surface area contributed by atoms with E-state index in [1.54, 1.807) is 29.5 Å². The Bertz CT molecular complexity index is 750. The molecule has 0 atom stereocenters. The van der Waals surface area contributed by atoms with Crippen LogP contribution >= 0.6 is 22.9 Å². The highest BCUT2D eigenvalue weighted by molar-refractivity contribution is 7.09. The van der Waals surface area contributed by atoms with Crippen molar-refractivity contribution in [1.29, 1.82) is 0 Å². The van der Waals surface area contributed by atoms with Crippen LogP contribution in [0.15, 0.2) is 40.9 Å². The topological polar surface area (TPSA) is 89.0 Å². The molecule has 132 valence electrons. The number of methoxy groups -OCH3 is 1. The van der Waals surface area contributed by atoms with Crippen LogP contribution in [0.2, 0.25) is 5.02 Å². The second-order valence-corrected chi connectivity index (χ2v) is 6.17. The van der Waals surface area contributed by atoms with Gasteiger partial charge in [0.15, 0.2) is 6.61 Å². The minimum atomic E-state index is -0.542. The Balaban J connectivity index is 1.73. The van der Waals surface area contributed by atoms with E-state index >= 15 is 0 Å². The van der Waals surface area contributed by atoms with Crippen molar-refractivity contribution in [1.82, 2.24) is 5.32 Å². The Labute approximate surface area is 153 Å². The number of nitrogens with one attached hydrogen (secondary N) is 2. The summed E-state index contributed by atoms with van der Waals surface area (Å²) < 4.78 is 5.11. The van der Waals surface area contributed by atoms with Gasteiger partial charge in [-0.25, -0.2) is 0 Å². The lowest BCUT2D eigenvalue weighted by molar-refractivity contribution is -0.126. The summed E-state index contributed by atoms with van der Waals surface area (Å²) in [6.45, 7) is 0.147. The van der Waals surface area contributed by atoms with E-state index in [-0.39, 0.29) is 12.5 Å². The maximum absolute atomic E-state index is 11.8. The van der Waals surface area contributed by atoms with Crippen molar-refractivity contribution >= 4 is 46.7 Å². The zero-order valence-electron chi connectivity index (χ0n) is 13.3. The minimum absolute atomic E-state index is 0.282. The number of hydrogen-bond donors (Lipinski definition) is 2. The standard InChI is InChI=1S/C16H16ClN3O4S/c1-23-14-5-4-11(17)7-13(14)20-15(21)9-19-24-10-16(22)18-8-12-3-2-6-25-12/h2-7,9H,8,10H2,1H3,(H,18,22)(H,20,21)/b19-9-. The molecule has 0 aliphatic rings. The first-order valence-corrected chi connectivity index (χ1v) is 8.43. The largest absolute Gasteiger partial charge is 0.495 e. The molecule has 0 saturated heterocycles. The van der Waals surface area contributed by atoms with Crippen LogP contribution < -0.4 is 15.4 Å². The van der Waals surface area contributed by atoms with Gasteiger partial charge in [0.1, 0.15) is 12.0 Å². The Morgan fingerprint density at radius 3 is 2.92 bits per heavy atom. The summed E-state index contributed by atoms with van der Waals surface area (Å²) in [5.74, 6) is -0.415. The molecule has 2 aromatic rings. The van der Waals surface area contributed by atoms with Gasteiger partial charge < -0.3 is 20.2 Å². The number of nitrogens with zero attached hydrogens (tertiary/aromatic N) is 1. The van der Waals surface area contributed by atoms with Crippen LogP contribution in [0.5, 0.6) is 5.75 Å². The molecule has 25 heavy (non-hydrogen) atoms. The molecule has 0 bridgehead atoms. The predicted octanol–water partition coefficient (Wildman–Crippen LogP) is 2.67. The molecule has 0 unspecified atom stereocenters. The van der Waals surface area contributed by atoms with Gasteiger partial charge in [0, 0.05) is 9.90 Å². The number of rotatable bonds is 8. The summed E-state index contributed by atoms with van der Waals surface area (Å²) in [7, 11) is 1.48. The van der Waals surface area contributed by atoms with Crippen molar-refractivity contribution in [3.05, 3.63) is 45.6 Å². The van der Waals surface area contributed by atoms with E-state index < -0.39 is 5.91 Å². The van der Waals surface area contributed by atoms with Crippen LogP contribution in [0.4, 0.5) is 5.69 Å². The number of amides is 2. The molecule has 0 aliphatic carbocycles. The van der Waals surface area contributed by atoms with Gasteiger partial charge >= 0.3 is 0 Å². The van der Waals surface area contributed by atoms with E-state index in [0.29, 0.717) is 23.0 Å². The van der Waals surface area contributed by atoms with Gasteiger partial charge in [-0.15, -0.1) is 11.3 Å². The summed E-state index contributed by atoms with van der Waals surface area (Å²) in [5.41, 5.74) is 0.403. The molecular formula is C16H16ClN3O4S. The predicted molar refractivity (Wildman–Crippen MR) is 97.2 cm³/mol. The highest BCUT2D eigenvalue weighted by Crippen LogP contribution is 2.27. The van der Waals surface area contributed by atoms with E-state index in [0.717, 1.165) is 11.1 Å². The lowest BCUT2D eigenvalue weighted by Crippen LogP contribution is -2.26. The van der Waals surface area contributed by atoms with Crippen LogP contribution in [0.25, 0.3) is 0 Å². The van der Waals surface area contributed by atoms with Crippen LogP contribution in [0.3, 0.4) is 0 Å². The van der Waals surface area contributed by atoms with Crippen LogP contribution in [0, 0.1) is 0 Å². The quantitative estimate of drug-likeness (QED) is 0.543. The van der Waals surface area contributed by atoms with Crippen LogP contribution in [-0.2, 0) is 21.0 Å². The zero-order valence-corrected chi connectivity index (χ0v) is 14.9. The number of benzene rings is 1. The summed E-state index contributed by atoms with van der Waals surface area (Å²) in [6, 6.07) is 8.63. The Morgan fingerprint density at radius 2 is 2.20 bits per heavy atom. The molecule has 0 spiro atoms. The van der Waals surface area contributed by atoms with Gasteiger partial charge in [-0.3, -0.25) is 9.59 Å². The number of ether oxygens (including phenoxy) is 1. The fourth-order valence-electron chi connectivity index (χ4n) is 1.77. The molecule has 7 nitrogen and oxygen atoms in total. The maximum Gasteiger partial charge on any atom is 0.270 e. The molecule has 0 fully saturated rings. The second-order valence-electron chi connectivity index (χ2n) is 4.70. The molecule has 0 radical (unpaired) electrons. The van der Waals surface area contributed by atoms with E-state index in [2.05, 4.69) is 15.8 Å². The third kappa shape index (κ3) is 6.44. The Morgan fingerprint density at radius 1 is 1.36 bits per heavy atom. The summed E-state index contributed by atoms with van der Waals surface area (Å²) >= 11 is 7.42. The van der Waals surface area contributed by atoms with Crippen LogP contribution in [0.1, 0.15) is 4.88 Å². The molecule has 1 heterocycles.